The summed E-state index contributed by atoms with van der Waals surface area (Å²) in [7, 11) is 0. The van der Waals surface area contributed by atoms with E-state index in [0.29, 0.717) is 18.8 Å². The van der Waals surface area contributed by atoms with Crippen LogP contribution in [0.15, 0.2) is 54.6 Å². The molecular formula is C17H18N4O3. The molecular weight excluding hydrogens is 308 g/mol. The maximum Gasteiger partial charge on any atom is 0.321 e. The van der Waals surface area contributed by atoms with Gasteiger partial charge in [0.2, 0.25) is 0 Å². The third kappa shape index (κ3) is 3.62. The van der Waals surface area contributed by atoms with E-state index in [1.165, 1.54) is 24.3 Å². The van der Waals surface area contributed by atoms with Gasteiger partial charge in [0, 0.05) is 49.7 Å². The highest BCUT2D eigenvalue weighted by Gasteiger charge is 2.21. The molecule has 7 heteroatoms. The van der Waals surface area contributed by atoms with E-state index in [0.717, 1.165) is 18.8 Å². The normalized spacial score (nSPS) is 14.3. The van der Waals surface area contributed by atoms with E-state index in [-0.39, 0.29) is 11.7 Å². The second-order valence-corrected chi connectivity index (χ2v) is 5.54. The number of piperazine rings is 1. The molecule has 1 saturated heterocycles. The van der Waals surface area contributed by atoms with Gasteiger partial charge in [0.05, 0.1) is 4.92 Å². The Morgan fingerprint density at radius 1 is 0.958 bits per heavy atom. The number of amides is 2. The molecule has 0 spiro atoms. The molecule has 0 bridgehead atoms. The fraction of sp³-hybridized carbons (Fsp3) is 0.235. The van der Waals surface area contributed by atoms with Crippen molar-refractivity contribution in [2.24, 2.45) is 0 Å². The van der Waals surface area contributed by atoms with E-state index in [9.17, 15) is 14.9 Å². The molecule has 0 saturated carbocycles. The van der Waals surface area contributed by atoms with E-state index in [1.807, 2.05) is 18.2 Å². The lowest BCUT2D eigenvalue weighted by Crippen LogP contribution is -2.50. The van der Waals surface area contributed by atoms with Crippen molar-refractivity contribution in [2.75, 3.05) is 36.4 Å². The summed E-state index contributed by atoms with van der Waals surface area (Å²) in [4.78, 5) is 26.5. The highest BCUT2D eigenvalue weighted by atomic mass is 16.6. The molecule has 0 aromatic heterocycles. The SMILES string of the molecule is O=C(Nc1ccc([N+](=O)[O-])cc1)N1CCN(c2ccccc2)CC1. The molecule has 24 heavy (non-hydrogen) atoms. The number of carbonyl (C=O) groups is 1. The molecule has 2 aromatic carbocycles. The zero-order valence-electron chi connectivity index (χ0n) is 13.1. The zero-order chi connectivity index (χ0) is 16.9. The first kappa shape index (κ1) is 15.8. The van der Waals surface area contributed by atoms with Crippen LogP contribution >= 0.6 is 0 Å². The Bertz CT molecular complexity index is 710. The molecule has 1 aliphatic rings. The summed E-state index contributed by atoms with van der Waals surface area (Å²) < 4.78 is 0. The predicted molar refractivity (Wildman–Crippen MR) is 92.3 cm³/mol. The number of anilines is 2. The molecule has 7 nitrogen and oxygen atoms in total. The maximum absolute atomic E-state index is 12.3. The standard InChI is InChI=1S/C17H18N4O3/c22-17(18-14-6-8-16(9-7-14)21(23)24)20-12-10-19(11-13-20)15-4-2-1-3-5-15/h1-9H,10-13H2,(H,18,22). The minimum atomic E-state index is -0.464. The topological polar surface area (TPSA) is 78.7 Å². The molecule has 0 aliphatic carbocycles. The Kier molecular flexibility index (Phi) is 4.60. The quantitative estimate of drug-likeness (QED) is 0.695. The number of nitrogens with zero attached hydrogens (tertiary/aromatic N) is 3. The predicted octanol–water partition coefficient (Wildman–Crippen LogP) is 2.95. The van der Waals surface area contributed by atoms with Gasteiger partial charge in [0.25, 0.3) is 5.69 Å². The molecule has 1 N–H and O–H groups in total. The minimum Gasteiger partial charge on any atom is -0.368 e. The van der Waals surface area contributed by atoms with Crippen LogP contribution in [0, 0.1) is 10.1 Å². The van der Waals surface area contributed by atoms with E-state index < -0.39 is 4.92 Å². The number of rotatable bonds is 3. The molecule has 2 amide bonds. The number of para-hydroxylation sites is 1. The minimum absolute atomic E-state index is 0.00414. The fourth-order valence-corrected chi connectivity index (χ4v) is 2.68. The van der Waals surface area contributed by atoms with Crippen molar-refractivity contribution in [3.05, 3.63) is 64.7 Å². The summed E-state index contributed by atoms with van der Waals surface area (Å²) in [6.07, 6.45) is 0. The lowest BCUT2D eigenvalue weighted by atomic mass is 10.2. The van der Waals surface area contributed by atoms with Crippen LogP contribution in [0.5, 0.6) is 0 Å². The average molecular weight is 326 g/mol. The van der Waals surface area contributed by atoms with Gasteiger partial charge < -0.3 is 15.1 Å². The van der Waals surface area contributed by atoms with Crippen molar-refractivity contribution < 1.29 is 9.72 Å². The lowest BCUT2D eigenvalue weighted by Gasteiger charge is -2.36. The summed E-state index contributed by atoms with van der Waals surface area (Å²) in [5.74, 6) is 0. The molecule has 124 valence electrons. The summed E-state index contributed by atoms with van der Waals surface area (Å²) in [5, 5.41) is 13.4. The van der Waals surface area contributed by atoms with Gasteiger partial charge >= 0.3 is 6.03 Å². The number of nitro benzene ring substituents is 1. The van der Waals surface area contributed by atoms with E-state index in [4.69, 9.17) is 0 Å². The van der Waals surface area contributed by atoms with Crippen LogP contribution in [0.3, 0.4) is 0 Å². The summed E-state index contributed by atoms with van der Waals surface area (Å²) in [6, 6.07) is 15.8. The number of benzene rings is 2. The van der Waals surface area contributed by atoms with Crippen LogP contribution < -0.4 is 10.2 Å². The Morgan fingerprint density at radius 2 is 1.58 bits per heavy atom. The van der Waals surface area contributed by atoms with Gasteiger partial charge in [-0.25, -0.2) is 4.79 Å². The fourth-order valence-electron chi connectivity index (χ4n) is 2.68. The number of nitro groups is 1. The van der Waals surface area contributed by atoms with Crippen molar-refractivity contribution in [2.45, 2.75) is 0 Å². The number of hydrogen-bond acceptors (Lipinski definition) is 4. The van der Waals surface area contributed by atoms with E-state index >= 15 is 0 Å². The monoisotopic (exact) mass is 326 g/mol. The zero-order valence-corrected chi connectivity index (χ0v) is 13.1. The number of carbonyl (C=O) groups excluding carboxylic acids is 1. The van der Waals surface area contributed by atoms with Crippen LogP contribution in [0.4, 0.5) is 21.9 Å². The summed E-state index contributed by atoms with van der Waals surface area (Å²) >= 11 is 0. The van der Waals surface area contributed by atoms with Crippen LogP contribution in [-0.4, -0.2) is 42.0 Å². The van der Waals surface area contributed by atoms with Gasteiger partial charge in [-0.05, 0) is 24.3 Å². The first-order valence-electron chi connectivity index (χ1n) is 7.74. The van der Waals surface area contributed by atoms with Crippen molar-refractivity contribution in [3.8, 4) is 0 Å². The average Bonchev–Trinajstić information content (AvgIpc) is 2.63. The largest absolute Gasteiger partial charge is 0.368 e. The van der Waals surface area contributed by atoms with Crippen molar-refractivity contribution in [1.82, 2.24) is 4.90 Å². The second-order valence-electron chi connectivity index (χ2n) is 5.54. The molecule has 3 rings (SSSR count). The molecule has 1 aliphatic heterocycles. The van der Waals surface area contributed by atoms with Gasteiger partial charge in [-0.15, -0.1) is 0 Å². The van der Waals surface area contributed by atoms with Crippen LogP contribution in [-0.2, 0) is 0 Å². The van der Waals surface area contributed by atoms with Gasteiger partial charge in [0.1, 0.15) is 0 Å². The maximum atomic E-state index is 12.3. The Labute approximate surface area is 139 Å². The molecule has 0 radical (unpaired) electrons. The van der Waals surface area contributed by atoms with Gasteiger partial charge in [-0.3, -0.25) is 10.1 Å². The summed E-state index contributed by atoms with van der Waals surface area (Å²) in [6.45, 7) is 2.82. The number of non-ortho nitro benzene ring substituents is 1. The van der Waals surface area contributed by atoms with Crippen molar-refractivity contribution >= 4 is 23.1 Å². The third-order valence-corrected chi connectivity index (χ3v) is 4.02. The molecule has 0 unspecified atom stereocenters. The Balaban J connectivity index is 1.54. The smallest absolute Gasteiger partial charge is 0.321 e. The highest BCUT2D eigenvalue weighted by Crippen LogP contribution is 2.18. The lowest BCUT2D eigenvalue weighted by molar-refractivity contribution is -0.384. The van der Waals surface area contributed by atoms with Crippen LogP contribution in [0.25, 0.3) is 0 Å². The molecule has 2 aromatic rings. The first-order valence-corrected chi connectivity index (χ1v) is 7.74. The van der Waals surface area contributed by atoms with Gasteiger partial charge in [0.15, 0.2) is 0 Å². The highest BCUT2D eigenvalue weighted by molar-refractivity contribution is 5.89. The third-order valence-electron chi connectivity index (χ3n) is 4.02. The van der Waals surface area contributed by atoms with Crippen molar-refractivity contribution in [1.29, 1.82) is 0 Å². The molecule has 1 heterocycles. The second kappa shape index (κ2) is 6.99. The summed E-state index contributed by atoms with van der Waals surface area (Å²) in [5.41, 5.74) is 1.72. The van der Waals surface area contributed by atoms with Crippen LogP contribution in [0.1, 0.15) is 0 Å². The first-order chi connectivity index (χ1) is 11.6. The number of hydrogen-bond donors (Lipinski definition) is 1. The molecule has 0 atom stereocenters. The van der Waals surface area contributed by atoms with E-state index in [1.54, 1.807) is 4.90 Å². The van der Waals surface area contributed by atoms with Gasteiger partial charge in [-0.2, -0.15) is 0 Å². The van der Waals surface area contributed by atoms with E-state index in [2.05, 4.69) is 22.3 Å². The molecule has 1 fully saturated rings. The number of nitrogens with one attached hydrogen (secondary N) is 1. The number of urea groups is 1. The van der Waals surface area contributed by atoms with Gasteiger partial charge in [-0.1, -0.05) is 18.2 Å². The Morgan fingerprint density at radius 3 is 2.17 bits per heavy atom. The van der Waals surface area contributed by atoms with Crippen LogP contribution in [0.2, 0.25) is 0 Å². The Hall–Kier alpha value is -3.09. The van der Waals surface area contributed by atoms with Crippen molar-refractivity contribution in [3.63, 3.8) is 0 Å².